The lowest BCUT2D eigenvalue weighted by Gasteiger charge is -2.08. The van der Waals surface area contributed by atoms with Crippen LogP contribution < -0.4 is 4.74 Å². The van der Waals surface area contributed by atoms with Gasteiger partial charge in [-0.25, -0.2) is 4.98 Å². The molecule has 1 aromatic rings. The maximum Gasteiger partial charge on any atom is 0.227 e. The normalized spacial score (nSPS) is 10.1. The first-order valence-corrected chi connectivity index (χ1v) is 5.31. The van der Waals surface area contributed by atoms with Crippen LogP contribution in [0.15, 0.2) is 4.47 Å². The van der Waals surface area contributed by atoms with E-state index in [2.05, 4.69) is 43.5 Å². The minimum atomic E-state index is 0.703. The molecule has 0 aliphatic heterocycles. The topological polar surface area (TPSA) is 22.1 Å². The van der Waals surface area contributed by atoms with Crippen molar-refractivity contribution in [1.29, 1.82) is 0 Å². The Labute approximate surface area is 94.0 Å². The maximum absolute atomic E-state index is 5.12. The van der Waals surface area contributed by atoms with Gasteiger partial charge in [0.1, 0.15) is 0 Å². The Hall–Kier alpha value is 0.160. The van der Waals surface area contributed by atoms with Crippen molar-refractivity contribution in [1.82, 2.24) is 4.98 Å². The molecular formula is C8H9BrINO. The van der Waals surface area contributed by atoms with Crippen LogP contribution >= 0.6 is 38.5 Å². The quantitative estimate of drug-likeness (QED) is 0.732. The molecule has 4 heteroatoms. The Bertz CT molecular complexity index is 314. The lowest BCUT2D eigenvalue weighted by atomic mass is 10.2. The van der Waals surface area contributed by atoms with Crippen LogP contribution in [0.3, 0.4) is 0 Å². The average Bonchev–Trinajstić information content (AvgIpc) is 2.08. The van der Waals surface area contributed by atoms with Gasteiger partial charge in [-0.2, -0.15) is 0 Å². The van der Waals surface area contributed by atoms with Crippen LogP contribution in [0.2, 0.25) is 0 Å². The highest BCUT2D eigenvalue weighted by Gasteiger charge is 2.10. The van der Waals surface area contributed by atoms with Gasteiger partial charge in [-0.1, -0.05) is 0 Å². The van der Waals surface area contributed by atoms with Crippen molar-refractivity contribution < 1.29 is 4.74 Å². The molecule has 0 fully saturated rings. The first-order chi connectivity index (χ1) is 5.57. The first-order valence-electron chi connectivity index (χ1n) is 3.44. The fourth-order valence-corrected chi connectivity index (χ4v) is 2.18. The van der Waals surface area contributed by atoms with Gasteiger partial charge in [-0.15, -0.1) is 0 Å². The average molecular weight is 342 g/mol. The SMILES string of the molecule is COc1nc(C)c(Br)c(C)c1I. The molecule has 1 rings (SSSR count). The Morgan fingerprint density at radius 1 is 1.42 bits per heavy atom. The third-order valence-electron chi connectivity index (χ3n) is 1.63. The predicted molar refractivity (Wildman–Crippen MR) is 60.7 cm³/mol. The summed E-state index contributed by atoms with van der Waals surface area (Å²) in [5, 5.41) is 0. The molecule has 12 heavy (non-hydrogen) atoms. The molecule has 2 nitrogen and oxygen atoms in total. The van der Waals surface area contributed by atoms with Gasteiger partial charge in [-0.3, -0.25) is 0 Å². The lowest BCUT2D eigenvalue weighted by Crippen LogP contribution is -1.97. The number of hydrogen-bond donors (Lipinski definition) is 0. The molecular weight excluding hydrogens is 333 g/mol. The smallest absolute Gasteiger partial charge is 0.227 e. The van der Waals surface area contributed by atoms with Crippen molar-refractivity contribution in [2.45, 2.75) is 13.8 Å². The Morgan fingerprint density at radius 3 is 2.50 bits per heavy atom. The van der Waals surface area contributed by atoms with Crippen molar-refractivity contribution in [2.75, 3.05) is 7.11 Å². The Kier molecular flexibility index (Phi) is 3.34. The van der Waals surface area contributed by atoms with Crippen LogP contribution in [0, 0.1) is 17.4 Å². The highest BCUT2D eigenvalue weighted by Crippen LogP contribution is 2.29. The number of aromatic nitrogens is 1. The van der Waals surface area contributed by atoms with Crippen molar-refractivity contribution in [3.05, 3.63) is 19.3 Å². The fraction of sp³-hybridized carbons (Fsp3) is 0.375. The first kappa shape index (κ1) is 10.2. The zero-order valence-electron chi connectivity index (χ0n) is 7.11. The minimum Gasteiger partial charge on any atom is -0.480 e. The molecule has 0 unspecified atom stereocenters. The van der Waals surface area contributed by atoms with Crippen LogP contribution in [-0.4, -0.2) is 12.1 Å². The number of nitrogens with zero attached hydrogens (tertiary/aromatic N) is 1. The number of halogens is 2. The molecule has 0 amide bonds. The number of pyridine rings is 1. The number of ether oxygens (including phenoxy) is 1. The molecule has 66 valence electrons. The van der Waals surface area contributed by atoms with Gasteiger partial charge in [0.05, 0.1) is 16.4 Å². The van der Waals surface area contributed by atoms with E-state index in [0.717, 1.165) is 13.7 Å². The van der Waals surface area contributed by atoms with E-state index in [1.54, 1.807) is 7.11 Å². The van der Waals surface area contributed by atoms with Crippen molar-refractivity contribution in [3.8, 4) is 5.88 Å². The molecule has 1 aromatic heterocycles. The van der Waals surface area contributed by atoms with E-state index in [0.29, 0.717) is 5.88 Å². The second-order valence-electron chi connectivity index (χ2n) is 2.46. The third kappa shape index (κ3) is 1.74. The molecule has 0 aromatic carbocycles. The largest absolute Gasteiger partial charge is 0.480 e. The van der Waals surface area contributed by atoms with Gasteiger partial charge in [0.2, 0.25) is 5.88 Å². The zero-order chi connectivity index (χ0) is 9.30. The van der Waals surface area contributed by atoms with E-state index in [1.165, 1.54) is 5.56 Å². The van der Waals surface area contributed by atoms with Crippen molar-refractivity contribution in [3.63, 3.8) is 0 Å². The molecule has 0 saturated carbocycles. The second kappa shape index (κ2) is 3.91. The fourth-order valence-electron chi connectivity index (χ4n) is 0.914. The van der Waals surface area contributed by atoms with E-state index in [-0.39, 0.29) is 0 Å². The number of rotatable bonds is 1. The van der Waals surface area contributed by atoms with Crippen LogP contribution in [-0.2, 0) is 0 Å². The summed E-state index contributed by atoms with van der Waals surface area (Å²) < 4.78 is 7.25. The Balaban J connectivity index is 3.39. The van der Waals surface area contributed by atoms with Crippen LogP contribution in [0.4, 0.5) is 0 Å². The highest BCUT2D eigenvalue weighted by atomic mass is 127. The highest BCUT2D eigenvalue weighted by molar-refractivity contribution is 14.1. The summed E-state index contributed by atoms with van der Waals surface area (Å²) in [6.07, 6.45) is 0. The minimum absolute atomic E-state index is 0.703. The Morgan fingerprint density at radius 2 is 2.00 bits per heavy atom. The summed E-state index contributed by atoms with van der Waals surface area (Å²) in [6.45, 7) is 4.00. The predicted octanol–water partition coefficient (Wildman–Crippen LogP) is 3.07. The van der Waals surface area contributed by atoms with Crippen LogP contribution in [0.5, 0.6) is 5.88 Å². The van der Waals surface area contributed by atoms with Gasteiger partial charge in [0, 0.05) is 4.47 Å². The molecule has 0 radical (unpaired) electrons. The summed E-state index contributed by atoms with van der Waals surface area (Å²) in [5.74, 6) is 0.703. The van der Waals surface area contributed by atoms with E-state index in [4.69, 9.17) is 4.74 Å². The van der Waals surface area contributed by atoms with Gasteiger partial charge in [-0.05, 0) is 57.9 Å². The molecule has 0 aliphatic carbocycles. The van der Waals surface area contributed by atoms with Gasteiger partial charge in [0.15, 0.2) is 0 Å². The molecule has 0 bridgehead atoms. The van der Waals surface area contributed by atoms with Gasteiger partial charge >= 0.3 is 0 Å². The standard InChI is InChI=1S/C8H9BrINO/c1-4-6(9)5(2)11-8(12-3)7(4)10/h1-3H3. The summed E-state index contributed by atoms with van der Waals surface area (Å²) in [7, 11) is 1.64. The number of methoxy groups -OCH3 is 1. The van der Waals surface area contributed by atoms with E-state index >= 15 is 0 Å². The van der Waals surface area contributed by atoms with Crippen molar-refractivity contribution in [2.24, 2.45) is 0 Å². The van der Waals surface area contributed by atoms with E-state index in [9.17, 15) is 0 Å². The molecule has 0 N–H and O–H groups in total. The van der Waals surface area contributed by atoms with E-state index < -0.39 is 0 Å². The maximum atomic E-state index is 5.12. The molecule has 0 atom stereocenters. The van der Waals surface area contributed by atoms with Crippen LogP contribution in [0.25, 0.3) is 0 Å². The van der Waals surface area contributed by atoms with E-state index in [1.807, 2.05) is 13.8 Å². The number of hydrogen-bond acceptors (Lipinski definition) is 2. The van der Waals surface area contributed by atoms with Gasteiger partial charge in [0.25, 0.3) is 0 Å². The monoisotopic (exact) mass is 341 g/mol. The summed E-state index contributed by atoms with van der Waals surface area (Å²) in [4.78, 5) is 4.27. The second-order valence-corrected chi connectivity index (χ2v) is 4.33. The molecule has 0 aliphatic rings. The van der Waals surface area contributed by atoms with Crippen LogP contribution in [0.1, 0.15) is 11.3 Å². The number of aryl methyl sites for hydroxylation is 1. The molecule has 1 heterocycles. The summed E-state index contributed by atoms with van der Waals surface area (Å²) in [6, 6.07) is 0. The zero-order valence-corrected chi connectivity index (χ0v) is 10.9. The lowest BCUT2D eigenvalue weighted by molar-refractivity contribution is 0.393. The van der Waals surface area contributed by atoms with Crippen molar-refractivity contribution >= 4 is 38.5 Å². The summed E-state index contributed by atoms with van der Waals surface area (Å²) in [5.41, 5.74) is 2.14. The molecule has 0 spiro atoms. The summed E-state index contributed by atoms with van der Waals surface area (Å²) >= 11 is 5.70. The third-order valence-corrected chi connectivity index (χ3v) is 4.07. The van der Waals surface area contributed by atoms with Gasteiger partial charge < -0.3 is 4.74 Å². The molecule has 0 saturated heterocycles.